The molecule has 2 aliphatic rings. The highest BCUT2D eigenvalue weighted by Crippen LogP contribution is 2.35. The molecule has 6 rings (SSSR count). The zero-order valence-electron chi connectivity index (χ0n) is 19.1. The number of nitrogens with zero attached hydrogens (tertiary/aromatic N) is 6. The fourth-order valence-electron chi connectivity index (χ4n) is 4.57. The first-order valence-corrected chi connectivity index (χ1v) is 11.7. The van der Waals surface area contributed by atoms with Crippen LogP contribution in [0.15, 0.2) is 42.6 Å². The van der Waals surface area contributed by atoms with Crippen LogP contribution in [0.4, 0.5) is 5.82 Å². The van der Waals surface area contributed by atoms with E-state index < -0.39 is 5.91 Å². The van der Waals surface area contributed by atoms with Gasteiger partial charge in [0, 0.05) is 36.5 Å². The lowest BCUT2D eigenvalue weighted by atomic mass is 10.1. The van der Waals surface area contributed by atoms with Crippen LogP contribution in [0.3, 0.4) is 0 Å². The lowest BCUT2D eigenvalue weighted by molar-refractivity contribution is 0.0994. The van der Waals surface area contributed by atoms with Gasteiger partial charge < -0.3 is 15.4 Å². The van der Waals surface area contributed by atoms with Crippen LogP contribution in [0.1, 0.15) is 34.5 Å². The molecule has 4 heterocycles. The second kappa shape index (κ2) is 8.25. The first-order valence-electron chi connectivity index (χ1n) is 11.7. The monoisotopic (exact) mass is 457 g/mol. The molecule has 0 bridgehead atoms. The Morgan fingerprint density at radius 3 is 2.71 bits per heavy atom. The van der Waals surface area contributed by atoms with Crippen molar-refractivity contribution >= 4 is 17.4 Å². The number of nitrogens with two attached hydrogens (primary N) is 1. The maximum Gasteiger partial charge on any atom is 0.269 e. The minimum Gasteiger partial charge on any atom is -0.378 e. The third-order valence-corrected chi connectivity index (χ3v) is 6.55. The number of rotatable bonds is 6. The molecular formula is C25H27N7O2. The number of benzene rings is 1. The van der Waals surface area contributed by atoms with Crippen LogP contribution in [0.25, 0.3) is 22.7 Å². The summed E-state index contributed by atoms with van der Waals surface area (Å²) in [6, 6.07) is 12.2. The Bertz CT molecular complexity index is 1380. The number of anilines is 1. The van der Waals surface area contributed by atoms with E-state index in [0.29, 0.717) is 36.3 Å². The second-order valence-corrected chi connectivity index (χ2v) is 9.16. The molecule has 1 aliphatic heterocycles. The van der Waals surface area contributed by atoms with E-state index in [1.807, 2.05) is 24.4 Å². The second-order valence-electron chi connectivity index (χ2n) is 9.16. The minimum atomic E-state index is -0.517. The van der Waals surface area contributed by atoms with Crippen LogP contribution < -0.4 is 10.6 Å². The van der Waals surface area contributed by atoms with E-state index in [1.54, 1.807) is 9.20 Å². The molecule has 4 aromatic rings. The number of fused-ring (bicyclic) bond motifs is 1. The molecular weight excluding hydrogens is 430 g/mol. The summed E-state index contributed by atoms with van der Waals surface area (Å²) in [6.45, 7) is 4.81. The normalized spacial score (nSPS) is 16.3. The highest BCUT2D eigenvalue weighted by molar-refractivity contribution is 5.94. The first-order chi connectivity index (χ1) is 16.6. The number of hydrogen-bond acceptors (Lipinski definition) is 6. The van der Waals surface area contributed by atoms with Gasteiger partial charge in [0.05, 0.1) is 18.9 Å². The lowest BCUT2D eigenvalue weighted by Crippen LogP contribution is -2.37. The minimum absolute atomic E-state index is 0.312. The molecule has 0 atom stereocenters. The van der Waals surface area contributed by atoms with Gasteiger partial charge in [0.2, 0.25) is 0 Å². The molecule has 1 saturated heterocycles. The van der Waals surface area contributed by atoms with Crippen LogP contribution in [0, 0.1) is 12.8 Å². The number of hydrogen-bond donors (Lipinski definition) is 1. The Morgan fingerprint density at radius 2 is 1.97 bits per heavy atom. The summed E-state index contributed by atoms with van der Waals surface area (Å²) in [5.41, 5.74) is 10.7. The van der Waals surface area contributed by atoms with Crippen molar-refractivity contribution < 1.29 is 9.53 Å². The smallest absolute Gasteiger partial charge is 0.269 e. The Labute approximate surface area is 197 Å². The van der Waals surface area contributed by atoms with Gasteiger partial charge in [0.25, 0.3) is 5.91 Å². The van der Waals surface area contributed by atoms with E-state index in [4.69, 9.17) is 20.6 Å². The average molecular weight is 458 g/mol. The molecule has 1 amide bonds. The summed E-state index contributed by atoms with van der Waals surface area (Å²) < 4.78 is 9.13. The van der Waals surface area contributed by atoms with Gasteiger partial charge in [-0.1, -0.05) is 23.8 Å². The van der Waals surface area contributed by atoms with Gasteiger partial charge in [0.15, 0.2) is 17.2 Å². The topological polar surface area (TPSA) is 104 Å². The standard InChI is InChI=1S/C25H27N7O2/c1-16-3-2-4-18(13-16)20-7-8-31(28-20)21-15-22(30-9-11-34-12-10-30)32-25(27-21)19(14-17-5-6-17)23(29-32)24(26)33/h2-4,7-8,13,15,17H,5-6,9-12,14H2,1H3,(H2,26,33). The van der Waals surface area contributed by atoms with E-state index >= 15 is 0 Å². The molecule has 0 radical (unpaired) electrons. The summed E-state index contributed by atoms with van der Waals surface area (Å²) in [7, 11) is 0. The number of aromatic nitrogens is 5. The molecule has 174 valence electrons. The summed E-state index contributed by atoms with van der Waals surface area (Å²) in [6.07, 6.45) is 5.00. The molecule has 9 nitrogen and oxygen atoms in total. The number of carbonyl (C=O) groups is 1. The molecule has 1 aliphatic carbocycles. The van der Waals surface area contributed by atoms with Crippen molar-refractivity contribution in [2.45, 2.75) is 26.2 Å². The molecule has 1 saturated carbocycles. The van der Waals surface area contributed by atoms with Crippen molar-refractivity contribution in [2.75, 3.05) is 31.2 Å². The Balaban J connectivity index is 1.51. The summed E-state index contributed by atoms with van der Waals surface area (Å²) >= 11 is 0. The Hall–Kier alpha value is -3.72. The van der Waals surface area contributed by atoms with Crippen LogP contribution in [-0.4, -0.2) is 56.6 Å². The summed E-state index contributed by atoms with van der Waals surface area (Å²) in [4.78, 5) is 19.4. The predicted molar refractivity (Wildman–Crippen MR) is 128 cm³/mol. The van der Waals surface area contributed by atoms with Crippen molar-refractivity contribution in [3.63, 3.8) is 0 Å². The number of morpholine rings is 1. The van der Waals surface area contributed by atoms with Crippen LogP contribution in [-0.2, 0) is 11.2 Å². The van der Waals surface area contributed by atoms with Gasteiger partial charge in [-0.3, -0.25) is 4.79 Å². The van der Waals surface area contributed by atoms with Gasteiger partial charge in [-0.05, 0) is 44.2 Å². The third-order valence-electron chi connectivity index (χ3n) is 6.55. The van der Waals surface area contributed by atoms with Gasteiger partial charge in [-0.15, -0.1) is 0 Å². The molecule has 1 aromatic carbocycles. The van der Waals surface area contributed by atoms with Gasteiger partial charge in [0.1, 0.15) is 5.82 Å². The first kappa shape index (κ1) is 20.9. The van der Waals surface area contributed by atoms with E-state index in [0.717, 1.165) is 55.0 Å². The maximum atomic E-state index is 12.3. The largest absolute Gasteiger partial charge is 0.378 e. The Morgan fingerprint density at radius 1 is 1.15 bits per heavy atom. The molecule has 2 fully saturated rings. The quantitative estimate of drug-likeness (QED) is 0.478. The lowest BCUT2D eigenvalue weighted by Gasteiger charge is -2.29. The molecule has 2 N–H and O–H groups in total. The Kier molecular flexibility index (Phi) is 5.06. The van der Waals surface area contributed by atoms with E-state index in [2.05, 4.69) is 35.1 Å². The van der Waals surface area contributed by atoms with Gasteiger partial charge in [-0.2, -0.15) is 14.7 Å². The predicted octanol–water partition coefficient (Wildman–Crippen LogP) is 2.78. The van der Waals surface area contributed by atoms with Crippen molar-refractivity contribution in [1.82, 2.24) is 24.4 Å². The molecule has 3 aromatic heterocycles. The van der Waals surface area contributed by atoms with Crippen LogP contribution >= 0.6 is 0 Å². The van der Waals surface area contributed by atoms with Crippen LogP contribution in [0.2, 0.25) is 0 Å². The summed E-state index contributed by atoms with van der Waals surface area (Å²) in [5, 5.41) is 9.45. The SMILES string of the molecule is Cc1cccc(-c2ccn(-c3cc(N4CCOCC4)n4nc(C(N)=O)c(CC5CC5)c4n3)n2)c1. The van der Waals surface area contributed by atoms with Crippen molar-refractivity contribution in [3.05, 3.63) is 59.4 Å². The van der Waals surface area contributed by atoms with Gasteiger partial charge in [-0.25, -0.2) is 9.67 Å². The van der Waals surface area contributed by atoms with E-state index in [-0.39, 0.29) is 0 Å². The number of ether oxygens (including phenoxy) is 1. The molecule has 34 heavy (non-hydrogen) atoms. The van der Waals surface area contributed by atoms with Crippen molar-refractivity contribution in [1.29, 1.82) is 0 Å². The highest BCUT2D eigenvalue weighted by Gasteiger charge is 2.29. The number of primary amides is 1. The highest BCUT2D eigenvalue weighted by atomic mass is 16.5. The zero-order valence-corrected chi connectivity index (χ0v) is 19.1. The van der Waals surface area contributed by atoms with Gasteiger partial charge >= 0.3 is 0 Å². The molecule has 0 unspecified atom stereocenters. The maximum absolute atomic E-state index is 12.3. The third kappa shape index (κ3) is 3.81. The summed E-state index contributed by atoms with van der Waals surface area (Å²) in [5.74, 6) is 1.58. The number of aryl methyl sites for hydroxylation is 1. The molecule has 0 spiro atoms. The zero-order chi connectivity index (χ0) is 23.2. The average Bonchev–Trinajstić information content (AvgIpc) is 3.39. The fraction of sp³-hybridized carbons (Fsp3) is 0.360. The van der Waals surface area contributed by atoms with Crippen LogP contribution in [0.5, 0.6) is 0 Å². The number of carbonyl (C=O) groups excluding carboxylic acids is 1. The fourth-order valence-corrected chi connectivity index (χ4v) is 4.57. The van der Waals surface area contributed by atoms with E-state index in [9.17, 15) is 4.79 Å². The van der Waals surface area contributed by atoms with Crippen molar-refractivity contribution in [2.24, 2.45) is 11.7 Å². The van der Waals surface area contributed by atoms with Crippen molar-refractivity contribution in [3.8, 4) is 17.1 Å². The number of amides is 1. The molecule has 9 heteroatoms. The van der Waals surface area contributed by atoms with E-state index in [1.165, 1.54) is 5.56 Å².